The zero-order valence-electron chi connectivity index (χ0n) is 8.13. The largest absolute Gasteiger partial charge is 0.368 e. The second kappa shape index (κ2) is 4.00. The minimum atomic E-state index is 0.665. The molecular weight excluding hydrogens is 200 g/mol. The second-order valence-electron chi connectivity index (χ2n) is 3.38. The van der Waals surface area contributed by atoms with E-state index in [1.165, 1.54) is 0 Å². The molecule has 76 valence electrons. The van der Waals surface area contributed by atoms with Crippen LogP contribution in [0.1, 0.15) is 18.5 Å². The molecule has 4 nitrogen and oxygen atoms in total. The van der Waals surface area contributed by atoms with Crippen molar-refractivity contribution in [2.24, 2.45) is 12.0 Å². The highest BCUT2D eigenvalue weighted by Gasteiger charge is 2.08. The molecule has 14 heavy (non-hydrogen) atoms. The summed E-state index contributed by atoms with van der Waals surface area (Å²) in [5.41, 5.74) is 0.878. The monoisotopic (exact) mass is 212 g/mol. The highest BCUT2D eigenvalue weighted by Crippen LogP contribution is 2.13. The summed E-state index contributed by atoms with van der Waals surface area (Å²) >= 11 is 5.97. The van der Waals surface area contributed by atoms with Crippen LogP contribution in [0.3, 0.4) is 0 Å². The fourth-order valence-corrected chi connectivity index (χ4v) is 1.74. The molecule has 5 heteroatoms. The van der Waals surface area contributed by atoms with Gasteiger partial charge in [0.1, 0.15) is 5.69 Å². The lowest BCUT2D eigenvalue weighted by atomic mass is 10.3. The molecule has 0 spiro atoms. The van der Waals surface area contributed by atoms with Gasteiger partial charge in [0.25, 0.3) is 0 Å². The first kappa shape index (κ1) is 9.52. The first-order chi connectivity index (χ1) is 6.75. The summed E-state index contributed by atoms with van der Waals surface area (Å²) in [5, 5.41) is 8.19. The van der Waals surface area contributed by atoms with E-state index in [0.29, 0.717) is 11.6 Å². The molecule has 0 saturated carbocycles. The molecule has 1 aromatic rings. The summed E-state index contributed by atoms with van der Waals surface area (Å²) in [4.78, 5) is 4.32. The number of aliphatic imine (C=N–C) groups is 1. The van der Waals surface area contributed by atoms with Gasteiger partial charge in [0, 0.05) is 26.2 Å². The Balaban J connectivity index is 1.94. The van der Waals surface area contributed by atoms with Crippen LogP contribution in [0, 0.1) is 0 Å². The Kier molecular flexibility index (Phi) is 2.72. The van der Waals surface area contributed by atoms with Gasteiger partial charge in [-0.05, 0) is 6.42 Å². The van der Waals surface area contributed by atoms with Crippen LogP contribution < -0.4 is 5.32 Å². The molecule has 0 aliphatic carbocycles. The van der Waals surface area contributed by atoms with Crippen molar-refractivity contribution < 1.29 is 0 Å². The number of rotatable bonds is 2. The molecule has 1 aromatic heterocycles. The van der Waals surface area contributed by atoms with Gasteiger partial charge in [0.2, 0.25) is 0 Å². The molecule has 0 saturated heterocycles. The van der Waals surface area contributed by atoms with Crippen LogP contribution in [0.2, 0.25) is 5.02 Å². The van der Waals surface area contributed by atoms with Gasteiger partial charge in [-0.25, -0.2) is 0 Å². The number of halogens is 1. The van der Waals surface area contributed by atoms with E-state index < -0.39 is 0 Å². The van der Waals surface area contributed by atoms with Gasteiger partial charge in [-0.2, -0.15) is 5.10 Å². The number of amidine groups is 1. The lowest BCUT2D eigenvalue weighted by Gasteiger charge is -2.02. The molecule has 1 N–H and O–H groups in total. The number of nitrogens with zero attached hydrogens (tertiary/aromatic N) is 3. The fourth-order valence-electron chi connectivity index (χ4n) is 1.49. The maximum Gasteiger partial charge on any atom is 0.100 e. The minimum Gasteiger partial charge on any atom is -0.368 e. The van der Waals surface area contributed by atoms with Gasteiger partial charge in [-0.15, -0.1) is 0 Å². The van der Waals surface area contributed by atoms with Crippen molar-refractivity contribution in [2.75, 3.05) is 6.54 Å². The van der Waals surface area contributed by atoms with Crippen LogP contribution in [0.5, 0.6) is 0 Å². The number of aromatic nitrogens is 2. The quantitative estimate of drug-likeness (QED) is 0.805. The van der Waals surface area contributed by atoms with E-state index in [1.807, 2.05) is 7.05 Å². The van der Waals surface area contributed by atoms with Gasteiger partial charge < -0.3 is 5.32 Å². The lowest BCUT2D eigenvalue weighted by Crippen LogP contribution is -2.21. The molecule has 2 heterocycles. The van der Waals surface area contributed by atoms with Gasteiger partial charge in [0.05, 0.1) is 17.4 Å². The molecule has 0 atom stereocenters. The number of hydrogen-bond acceptors (Lipinski definition) is 3. The van der Waals surface area contributed by atoms with Gasteiger partial charge in [0.15, 0.2) is 0 Å². The van der Waals surface area contributed by atoms with Crippen molar-refractivity contribution in [3.05, 3.63) is 16.9 Å². The molecule has 0 radical (unpaired) electrons. The summed E-state index contributed by atoms with van der Waals surface area (Å²) in [6.07, 6.45) is 4.00. The zero-order chi connectivity index (χ0) is 9.97. The Labute approximate surface area is 88.0 Å². The predicted octanol–water partition coefficient (Wildman–Crippen LogP) is 1.36. The Morgan fingerprint density at radius 2 is 2.50 bits per heavy atom. The molecule has 1 aliphatic rings. The molecule has 0 aromatic carbocycles. The Hall–Kier alpha value is -1.03. The smallest absolute Gasteiger partial charge is 0.100 e. The van der Waals surface area contributed by atoms with Gasteiger partial charge in [-0.1, -0.05) is 11.6 Å². The van der Waals surface area contributed by atoms with Crippen molar-refractivity contribution in [2.45, 2.75) is 19.4 Å². The molecule has 1 aliphatic heterocycles. The maximum atomic E-state index is 5.97. The van der Waals surface area contributed by atoms with Crippen LogP contribution >= 0.6 is 11.6 Å². The minimum absolute atomic E-state index is 0.665. The van der Waals surface area contributed by atoms with Gasteiger partial charge >= 0.3 is 0 Å². The average molecular weight is 213 g/mol. The van der Waals surface area contributed by atoms with E-state index in [2.05, 4.69) is 15.4 Å². The average Bonchev–Trinajstić information content (AvgIpc) is 2.72. The number of aryl methyl sites for hydroxylation is 1. The topological polar surface area (TPSA) is 42.2 Å². The Morgan fingerprint density at radius 1 is 1.64 bits per heavy atom. The first-order valence-electron chi connectivity index (χ1n) is 4.71. The summed E-state index contributed by atoms with van der Waals surface area (Å²) in [7, 11) is 1.86. The summed E-state index contributed by atoms with van der Waals surface area (Å²) in [5.74, 6) is 1.08. The molecule has 0 bridgehead atoms. The second-order valence-corrected chi connectivity index (χ2v) is 3.79. The van der Waals surface area contributed by atoms with E-state index in [4.69, 9.17) is 11.6 Å². The third-order valence-electron chi connectivity index (χ3n) is 2.19. The van der Waals surface area contributed by atoms with Crippen LogP contribution in [0.4, 0.5) is 0 Å². The standard InChI is InChI=1S/C9H13ClN4/c1-14-6-7(10)8(13-14)5-12-9-3-2-4-11-9/h6H,2-5H2,1H3,(H,11,12). The Bertz CT molecular complexity index is 356. The highest BCUT2D eigenvalue weighted by molar-refractivity contribution is 6.31. The van der Waals surface area contributed by atoms with Crippen molar-refractivity contribution in [1.82, 2.24) is 15.1 Å². The van der Waals surface area contributed by atoms with E-state index in [9.17, 15) is 0 Å². The predicted molar refractivity (Wildman–Crippen MR) is 56.6 cm³/mol. The van der Waals surface area contributed by atoms with Crippen molar-refractivity contribution in [1.29, 1.82) is 0 Å². The molecule has 0 fully saturated rings. The first-order valence-corrected chi connectivity index (χ1v) is 5.09. The number of hydrogen-bond donors (Lipinski definition) is 1. The summed E-state index contributed by atoms with van der Waals surface area (Å²) < 4.78 is 1.72. The van der Waals surface area contributed by atoms with E-state index in [-0.39, 0.29) is 0 Å². The van der Waals surface area contributed by atoms with E-state index in [1.54, 1.807) is 10.9 Å². The number of nitrogens with one attached hydrogen (secondary N) is 1. The fraction of sp³-hybridized carbons (Fsp3) is 0.556. The SMILES string of the molecule is Cn1cc(Cl)c(CNC2=NCCC2)n1. The van der Waals surface area contributed by atoms with Crippen LogP contribution in [0.15, 0.2) is 11.2 Å². The summed E-state index contributed by atoms with van der Waals surface area (Å²) in [6.45, 7) is 1.61. The maximum absolute atomic E-state index is 5.97. The van der Waals surface area contributed by atoms with Gasteiger partial charge in [-0.3, -0.25) is 9.67 Å². The van der Waals surface area contributed by atoms with E-state index in [0.717, 1.165) is 30.9 Å². The summed E-state index contributed by atoms with van der Waals surface area (Å²) in [6, 6.07) is 0. The van der Waals surface area contributed by atoms with Crippen LogP contribution in [0.25, 0.3) is 0 Å². The normalized spacial score (nSPS) is 15.7. The molecule has 0 unspecified atom stereocenters. The highest BCUT2D eigenvalue weighted by atomic mass is 35.5. The molecular formula is C9H13ClN4. The van der Waals surface area contributed by atoms with Crippen molar-refractivity contribution in [3.63, 3.8) is 0 Å². The zero-order valence-corrected chi connectivity index (χ0v) is 8.88. The Morgan fingerprint density at radius 3 is 3.07 bits per heavy atom. The third-order valence-corrected chi connectivity index (χ3v) is 2.50. The third kappa shape index (κ3) is 2.07. The van der Waals surface area contributed by atoms with Crippen LogP contribution in [-0.4, -0.2) is 22.2 Å². The van der Waals surface area contributed by atoms with E-state index >= 15 is 0 Å². The molecule has 2 rings (SSSR count). The molecule has 0 amide bonds. The lowest BCUT2D eigenvalue weighted by molar-refractivity contribution is 0.729. The van der Waals surface area contributed by atoms with Crippen molar-refractivity contribution in [3.8, 4) is 0 Å². The van der Waals surface area contributed by atoms with Crippen LogP contribution in [-0.2, 0) is 13.6 Å². The van der Waals surface area contributed by atoms with Crippen molar-refractivity contribution >= 4 is 17.4 Å².